The molecule has 11 heavy (non-hydrogen) atoms. The molecule has 0 fully saturated rings. The molecule has 1 atom stereocenters. The lowest BCUT2D eigenvalue weighted by Gasteiger charge is -2.01. The number of carboxylic acid groups (broad SMARTS) is 1. The highest BCUT2D eigenvalue weighted by Crippen LogP contribution is 1.81. The zero-order valence-electron chi connectivity index (χ0n) is 6.08. The standard InChI is InChI=1S/C5H12N4O2/c6-3(4(10)11)1-2-9-5(7)8/h3H,1-2,6H2,(H,10,11)(H4,7,8,9)/p+1/t3-/m0/s1. The predicted molar refractivity (Wildman–Crippen MR) is 39.4 cm³/mol. The van der Waals surface area contributed by atoms with Crippen LogP contribution in [-0.4, -0.2) is 29.6 Å². The van der Waals surface area contributed by atoms with E-state index in [0.717, 1.165) is 0 Å². The molecule has 0 aliphatic rings. The van der Waals surface area contributed by atoms with E-state index in [9.17, 15) is 4.79 Å². The van der Waals surface area contributed by atoms with E-state index in [1.54, 1.807) is 0 Å². The first-order valence-electron chi connectivity index (χ1n) is 3.14. The zero-order valence-corrected chi connectivity index (χ0v) is 6.08. The zero-order chi connectivity index (χ0) is 8.85. The van der Waals surface area contributed by atoms with Gasteiger partial charge in [0.05, 0.1) is 6.54 Å². The Bertz CT molecular complexity index is 164. The van der Waals surface area contributed by atoms with E-state index in [0.29, 0.717) is 13.0 Å². The number of carbonyl (C=O) groups is 1. The summed E-state index contributed by atoms with van der Waals surface area (Å²) in [4.78, 5) is 12.7. The van der Waals surface area contributed by atoms with Gasteiger partial charge in [-0.15, -0.1) is 0 Å². The quantitative estimate of drug-likeness (QED) is 0.213. The van der Waals surface area contributed by atoms with E-state index >= 15 is 0 Å². The molecule has 64 valence electrons. The van der Waals surface area contributed by atoms with Crippen LogP contribution in [0.3, 0.4) is 0 Å². The smallest absolute Gasteiger partial charge is 0.338 e. The minimum Gasteiger partial charge on any atom is -0.480 e. The summed E-state index contributed by atoms with van der Waals surface area (Å²) in [7, 11) is 0. The van der Waals surface area contributed by atoms with E-state index in [2.05, 4.69) is 4.99 Å². The van der Waals surface area contributed by atoms with Gasteiger partial charge in [-0.25, -0.2) is 0 Å². The van der Waals surface area contributed by atoms with Gasteiger partial charge in [0, 0.05) is 6.42 Å². The van der Waals surface area contributed by atoms with Crippen LogP contribution in [0.1, 0.15) is 6.42 Å². The molecular formula is C5H13N4O2+. The van der Waals surface area contributed by atoms with Crippen LogP contribution in [0.2, 0.25) is 0 Å². The first-order chi connectivity index (χ1) is 5.04. The Morgan fingerprint density at radius 1 is 1.55 bits per heavy atom. The molecule has 0 radical (unpaired) electrons. The van der Waals surface area contributed by atoms with Crippen LogP contribution in [-0.2, 0) is 4.79 Å². The molecule has 0 aromatic carbocycles. The second-order valence-corrected chi connectivity index (χ2v) is 2.12. The Kier molecular flexibility index (Phi) is 3.97. The minimum atomic E-state index is -1.03. The van der Waals surface area contributed by atoms with Gasteiger partial charge < -0.3 is 10.8 Å². The summed E-state index contributed by atoms with van der Waals surface area (Å²) in [5.74, 6) is -0.954. The number of nitrogens with one attached hydrogen (secondary N) is 1. The maximum absolute atomic E-state index is 10.2. The van der Waals surface area contributed by atoms with Crippen molar-refractivity contribution < 1.29 is 14.9 Å². The molecule has 0 heterocycles. The highest BCUT2D eigenvalue weighted by molar-refractivity contribution is 5.73. The highest BCUT2D eigenvalue weighted by atomic mass is 16.4. The molecule has 0 bridgehead atoms. The topological polar surface area (TPSA) is 129 Å². The van der Waals surface area contributed by atoms with Gasteiger partial charge in [-0.05, 0) is 0 Å². The van der Waals surface area contributed by atoms with Crippen molar-refractivity contribution in [3.63, 3.8) is 0 Å². The summed E-state index contributed by atoms with van der Waals surface area (Å²) in [5, 5.41) is 8.33. The van der Waals surface area contributed by atoms with Crippen molar-refractivity contribution in [3.05, 3.63) is 0 Å². The SMILES string of the molecule is NC(N)=[NH+]CC[C@H](N)C(=O)O. The van der Waals surface area contributed by atoms with Crippen molar-refractivity contribution in [2.24, 2.45) is 17.2 Å². The molecule has 0 aliphatic carbocycles. The van der Waals surface area contributed by atoms with Gasteiger partial charge in [0.25, 0.3) is 0 Å². The Morgan fingerprint density at radius 3 is 2.45 bits per heavy atom. The summed E-state index contributed by atoms with van der Waals surface area (Å²) in [6.07, 6.45) is 0.299. The van der Waals surface area contributed by atoms with E-state index in [1.807, 2.05) is 0 Å². The van der Waals surface area contributed by atoms with E-state index < -0.39 is 12.0 Å². The normalized spacial score (nSPS) is 12.1. The van der Waals surface area contributed by atoms with Crippen molar-refractivity contribution in [2.45, 2.75) is 12.5 Å². The van der Waals surface area contributed by atoms with E-state index in [1.165, 1.54) is 0 Å². The molecule has 6 heteroatoms. The number of nitrogens with two attached hydrogens (primary N) is 3. The average molecular weight is 161 g/mol. The third kappa shape index (κ3) is 5.16. The number of rotatable bonds is 4. The first-order valence-corrected chi connectivity index (χ1v) is 3.14. The van der Waals surface area contributed by atoms with Gasteiger partial charge in [0.1, 0.15) is 6.04 Å². The van der Waals surface area contributed by atoms with Crippen LogP contribution in [0.4, 0.5) is 0 Å². The molecule has 0 aliphatic heterocycles. The second-order valence-electron chi connectivity index (χ2n) is 2.12. The van der Waals surface area contributed by atoms with Crippen molar-refractivity contribution >= 4 is 11.9 Å². The fraction of sp³-hybridized carbons (Fsp3) is 0.600. The molecule has 0 rings (SSSR count). The molecule has 0 amide bonds. The van der Waals surface area contributed by atoms with Crippen molar-refractivity contribution in [3.8, 4) is 0 Å². The molecule has 0 saturated carbocycles. The van der Waals surface area contributed by atoms with Crippen LogP contribution in [0.25, 0.3) is 0 Å². The maximum Gasteiger partial charge on any atom is 0.338 e. The Morgan fingerprint density at radius 2 is 2.09 bits per heavy atom. The minimum absolute atomic E-state index is 0.0718. The number of guanidine groups is 1. The Balaban J connectivity index is 3.55. The van der Waals surface area contributed by atoms with Gasteiger partial charge in [-0.3, -0.25) is 21.3 Å². The summed E-state index contributed by atoms with van der Waals surface area (Å²) in [5.41, 5.74) is 15.3. The van der Waals surface area contributed by atoms with Crippen LogP contribution in [0.15, 0.2) is 0 Å². The number of carboxylic acids is 1. The molecule has 0 spiro atoms. The third-order valence-electron chi connectivity index (χ3n) is 1.10. The number of aliphatic carboxylic acids is 1. The van der Waals surface area contributed by atoms with Gasteiger partial charge in [0.2, 0.25) is 0 Å². The van der Waals surface area contributed by atoms with Crippen LogP contribution < -0.4 is 22.2 Å². The number of hydrogen-bond donors (Lipinski definition) is 5. The van der Waals surface area contributed by atoms with Crippen molar-refractivity contribution in [2.75, 3.05) is 6.54 Å². The molecule has 0 aromatic heterocycles. The van der Waals surface area contributed by atoms with Gasteiger partial charge >= 0.3 is 11.9 Å². The molecule has 8 N–H and O–H groups in total. The molecule has 0 unspecified atom stereocenters. The van der Waals surface area contributed by atoms with Gasteiger partial charge in [-0.2, -0.15) is 0 Å². The first kappa shape index (κ1) is 9.70. The lowest BCUT2D eigenvalue weighted by molar-refractivity contribution is -0.459. The van der Waals surface area contributed by atoms with E-state index in [4.69, 9.17) is 22.3 Å². The molecule has 6 nitrogen and oxygen atoms in total. The Hall–Kier alpha value is -1.30. The summed E-state index contributed by atoms with van der Waals surface area (Å²) in [6, 6.07) is -0.859. The summed E-state index contributed by atoms with van der Waals surface area (Å²) in [6.45, 7) is 0.371. The maximum atomic E-state index is 10.2. The number of hydrogen-bond acceptors (Lipinski definition) is 2. The predicted octanol–water partition coefficient (Wildman–Crippen LogP) is -3.86. The van der Waals surface area contributed by atoms with Gasteiger partial charge in [0.15, 0.2) is 0 Å². The average Bonchev–Trinajstić information content (AvgIpc) is 1.86. The largest absolute Gasteiger partial charge is 0.480 e. The van der Waals surface area contributed by atoms with Gasteiger partial charge in [-0.1, -0.05) is 0 Å². The van der Waals surface area contributed by atoms with E-state index in [-0.39, 0.29) is 5.96 Å². The fourth-order valence-corrected chi connectivity index (χ4v) is 0.495. The lowest BCUT2D eigenvalue weighted by atomic mass is 10.2. The molecule has 0 aromatic rings. The fourth-order valence-electron chi connectivity index (χ4n) is 0.495. The molecular weight excluding hydrogens is 148 g/mol. The van der Waals surface area contributed by atoms with Crippen LogP contribution >= 0.6 is 0 Å². The second kappa shape index (κ2) is 4.51. The van der Waals surface area contributed by atoms with Crippen molar-refractivity contribution in [1.29, 1.82) is 0 Å². The molecule has 0 saturated heterocycles. The summed E-state index contributed by atoms with van der Waals surface area (Å²) < 4.78 is 0. The van der Waals surface area contributed by atoms with Crippen LogP contribution in [0.5, 0.6) is 0 Å². The third-order valence-corrected chi connectivity index (χ3v) is 1.10. The lowest BCUT2D eigenvalue weighted by Crippen LogP contribution is -2.78. The van der Waals surface area contributed by atoms with Crippen LogP contribution in [0, 0.1) is 0 Å². The monoisotopic (exact) mass is 161 g/mol. The van der Waals surface area contributed by atoms with Crippen molar-refractivity contribution in [1.82, 2.24) is 0 Å². The Labute approximate surface area is 64.1 Å². The highest BCUT2D eigenvalue weighted by Gasteiger charge is 2.09. The summed E-state index contributed by atoms with van der Waals surface area (Å²) >= 11 is 0.